The molecule has 6 heteroatoms. The Balaban J connectivity index is 2.62. The Hall–Kier alpha value is -1.92. The van der Waals surface area contributed by atoms with E-state index in [0.717, 1.165) is 11.1 Å². The van der Waals surface area contributed by atoms with Gasteiger partial charge in [0.25, 0.3) is 0 Å². The lowest BCUT2D eigenvalue weighted by atomic mass is 9.99. The van der Waals surface area contributed by atoms with Gasteiger partial charge < -0.3 is 4.90 Å². The van der Waals surface area contributed by atoms with Gasteiger partial charge in [-0.25, -0.2) is 5.84 Å². The molecule has 0 spiro atoms. The highest BCUT2D eigenvalue weighted by atomic mass is 16.2. The molecule has 2 amide bonds. The molecule has 0 heterocycles. The molecule has 1 aromatic carbocycles. The van der Waals surface area contributed by atoms with Crippen LogP contribution in [0.5, 0.6) is 0 Å². The fourth-order valence-corrected chi connectivity index (χ4v) is 1.93. The summed E-state index contributed by atoms with van der Waals surface area (Å²) in [4.78, 5) is 26.6. The van der Waals surface area contributed by atoms with Gasteiger partial charge in [0.15, 0.2) is 0 Å². The molecule has 21 heavy (non-hydrogen) atoms. The third kappa shape index (κ3) is 5.17. The summed E-state index contributed by atoms with van der Waals surface area (Å²) in [6.07, 6.45) is 0. The highest BCUT2D eigenvalue weighted by Crippen LogP contribution is 2.16. The topological polar surface area (TPSA) is 78.7 Å². The number of benzene rings is 1. The summed E-state index contributed by atoms with van der Waals surface area (Å²) in [6, 6.07) is 7.76. The van der Waals surface area contributed by atoms with Crippen molar-refractivity contribution < 1.29 is 9.59 Å². The molecule has 1 aromatic rings. The lowest BCUT2D eigenvalue weighted by molar-refractivity contribution is -0.129. The van der Waals surface area contributed by atoms with Gasteiger partial charge in [-0.05, 0) is 25.1 Å². The number of hydrogen-bond acceptors (Lipinski definition) is 4. The standard InChI is InChI=1S/C15H24N4O2/c1-11(15(21)17-16)13-7-5-12(6-8-13)9-19(4)10-14(20)18(2)3/h5-8,11H,9-10,16H2,1-4H3,(H,17,21). The molecule has 1 unspecified atom stereocenters. The van der Waals surface area contributed by atoms with Crippen molar-refractivity contribution in [3.05, 3.63) is 35.4 Å². The SMILES string of the molecule is CC(C(=O)NN)c1ccc(CN(C)CC(=O)N(C)C)cc1. The first kappa shape index (κ1) is 17.1. The molecule has 0 bridgehead atoms. The molecule has 0 aromatic heterocycles. The lowest BCUT2D eigenvalue weighted by Crippen LogP contribution is -2.34. The van der Waals surface area contributed by atoms with Crippen molar-refractivity contribution in [2.45, 2.75) is 19.4 Å². The van der Waals surface area contributed by atoms with E-state index in [0.29, 0.717) is 13.1 Å². The number of nitrogens with two attached hydrogens (primary N) is 1. The van der Waals surface area contributed by atoms with Crippen molar-refractivity contribution in [2.75, 3.05) is 27.7 Å². The van der Waals surface area contributed by atoms with Crippen molar-refractivity contribution in [3.63, 3.8) is 0 Å². The molecule has 0 aliphatic rings. The van der Waals surface area contributed by atoms with E-state index < -0.39 is 0 Å². The monoisotopic (exact) mass is 292 g/mol. The molecule has 0 saturated heterocycles. The molecule has 0 saturated carbocycles. The van der Waals surface area contributed by atoms with Crippen molar-refractivity contribution in [3.8, 4) is 0 Å². The van der Waals surface area contributed by atoms with Crippen LogP contribution in [0.3, 0.4) is 0 Å². The Bertz CT molecular complexity index is 485. The van der Waals surface area contributed by atoms with E-state index >= 15 is 0 Å². The van der Waals surface area contributed by atoms with Crippen molar-refractivity contribution in [1.29, 1.82) is 0 Å². The molecule has 1 atom stereocenters. The van der Waals surface area contributed by atoms with Crippen molar-refractivity contribution in [2.24, 2.45) is 5.84 Å². The summed E-state index contributed by atoms with van der Waals surface area (Å²) in [5.74, 6) is 4.71. The minimum absolute atomic E-state index is 0.0716. The molecule has 116 valence electrons. The Kier molecular flexibility index (Phi) is 6.33. The maximum Gasteiger partial charge on any atom is 0.241 e. The summed E-state index contributed by atoms with van der Waals surface area (Å²) < 4.78 is 0. The van der Waals surface area contributed by atoms with Gasteiger partial charge in [-0.1, -0.05) is 24.3 Å². The van der Waals surface area contributed by atoms with Crippen LogP contribution in [-0.4, -0.2) is 49.3 Å². The number of hydrogen-bond donors (Lipinski definition) is 2. The number of hydrazine groups is 1. The largest absolute Gasteiger partial charge is 0.348 e. The van der Waals surface area contributed by atoms with E-state index in [1.807, 2.05) is 36.2 Å². The highest BCUT2D eigenvalue weighted by molar-refractivity contribution is 5.82. The van der Waals surface area contributed by atoms with E-state index in [-0.39, 0.29) is 17.7 Å². The molecule has 6 nitrogen and oxygen atoms in total. The van der Waals surface area contributed by atoms with Gasteiger partial charge in [0.1, 0.15) is 0 Å². The van der Waals surface area contributed by atoms with Crippen LogP contribution in [0.25, 0.3) is 0 Å². The molecular weight excluding hydrogens is 268 g/mol. The Morgan fingerprint density at radius 2 is 1.76 bits per heavy atom. The Morgan fingerprint density at radius 1 is 1.19 bits per heavy atom. The van der Waals surface area contributed by atoms with Gasteiger partial charge in [-0.15, -0.1) is 0 Å². The molecule has 0 radical (unpaired) electrons. The fourth-order valence-electron chi connectivity index (χ4n) is 1.93. The van der Waals surface area contributed by atoms with Crippen LogP contribution < -0.4 is 11.3 Å². The minimum atomic E-state index is -0.280. The third-order valence-electron chi connectivity index (χ3n) is 3.37. The number of nitrogens with zero attached hydrogens (tertiary/aromatic N) is 2. The van der Waals surface area contributed by atoms with Crippen LogP contribution >= 0.6 is 0 Å². The van der Waals surface area contributed by atoms with E-state index in [4.69, 9.17) is 5.84 Å². The van der Waals surface area contributed by atoms with Crippen LogP contribution in [-0.2, 0) is 16.1 Å². The predicted octanol–water partition coefficient (Wildman–Crippen LogP) is 0.300. The first-order chi connectivity index (χ1) is 9.85. The molecule has 0 fully saturated rings. The second-order valence-electron chi connectivity index (χ2n) is 5.43. The Morgan fingerprint density at radius 3 is 2.24 bits per heavy atom. The van der Waals surface area contributed by atoms with Gasteiger partial charge in [0, 0.05) is 20.6 Å². The number of nitrogens with one attached hydrogen (secondary N) is 1. The number of likely N-dealkylation sites (N-methyl/N-ethyl adjacent to an activating group) is 2. The summed E-state index contributed by atoms with van der Waals surface area (Å²) in [5, 5.41) is 0. The van der Waals surface area contributed by atoms with Gasteiger partial charge in [-0.2, -0.15) is 0 Å². The quantitative estimate of drug-likeness (QED) is 0.449. The van der Waals surface area contributed by atoms with Crippen molar-refractivity contribution in [1.82, 2.24) is 15.2 Å². The first-order valence-corrected chi connectivity index (χ1v) is 6.83. The number of carbonyl (C=O) groups is 2. The lowest BCUT2D eigenvalue weighted by Gasteiger charge is -2.19. The zero-order chi connectivity index (χ0) is 16.0. The fraction of sp³-hybridized carbons (Fsp3) is 0.467. The van der Waals surface area contributed by atoms with Gasteiger partial charge in [0.2, 0.25) is 11.8 Å². The summed E-state index contributed by atoms with van der Waals surface area (Å²) in [5.41, 5.74) is 4.15. The normalized spacial score (nSPS) is 12.1. The van der Waals surface area contributed by atoms with Crippen LogP contribution in [0.2, 0.25) is 0 Å². The highest BCUT2D eigenvalue weighted by Gasteiger charge is 2.14. The zero-order valence-corrected chi connectivity index (χ0v) is 13.1. The summed E-state index contributed by atoms with van der Waals surface area (Å²) in [6.45, 7) is 2.86. The van der Waals surface area contributed by atoms with E-state index in [9.17, 15) is 9.59 Å². The van der Waals surface area contributed by atoms with Gasteiger partial charge >= 0.3 is 0 Å². The minimum Gasteiger partial charge on any atom is -0.348 e. The average Bonchev–Trinajstić information content (AvgIpc) is 2.46. The number of amides is 2. The van der Waals surface area contributed by atoms with Crippen LogP contribution in [0.4, 0.5) is 0 Å². The van der Waals surface area contributed by atoms with Gasteiger partial charge in [0.05, 0.1) is 12.5 Å². The molecular formula is C15H24N4O2. The average molecular weight is 292 g/mol. The molecule has 0 aliphatic heterocycles. The van der Waals surface area contributed by atoms with E-state index in [1.165, 1.54) is 0 Å². The Labute approximate surface area is 125 Å². The smallest absolute Gasteiger partial charge is 0.241 e. The number of carbonyl (C=O) groups excluding carboxylic acids is 2. The molecule has 0 aliphatic carbocycles. The van der Waals surface area contributed by atoms with Crippen LogP contribution in [0, 0.1) is 0 Å². The second-order valence-corrected chi connectivity index (χ2v) is 5.43. The molecule has 1 rings (SSSR count). The van der Waals surface area contributed by atoms with Gasteiger partial charge in [-0.3, -0.25) is 19.9 Å². The maximum atomic E-state index is 11.6. The predicted molar refractivity (Wildman–Crippen MR) is 82.2 cm³/mol. The summed E-state index contributed by atoms with van der Waals surface area (Å²) >= 11 is 0. The molecule has 3 N–H and O–H groups in total. The third-order valence-corrected chi connectivity index (χ3v) is 3.37. The summed E-state index contributed by atoms with van der Waals surface area (Å²) in [7, 11) is 5.39. The zero-order valence-electron chi connectivity index (χ0n) is 13.1. The maximum absolute atomic E-state index is 11.6. The van der Waals surface area contributed by atoms with E-state index in [2.05, 4.69) is 5.43 Å². The van der Waals surface area contributed by atoms with E-state index in [1.54, 1.807) is 25.9 Å². The number of rotatable bonds is 6. The van der Waals surface area contributed by atoms with Crippen LogP contribution in [0.15, 0.2) is 24.3 Å². The second kappa shape index (κ2) is 7.75. The van der Waals surface area contributed by atoms with Crippen LogP contribution in [0.1, 0.15) is 24.0 Å². The van der Waals surface area contributed by atoms with Crippen molar-refractivity contribution >= 4 is 11.8 Å². The first-order valence-electron chi connectivity index (χ1n) is 6.83.